The first kappa shape index (κ1) is 14.8. The van der Waals surface area contributed by atoms with Gasteiger partial charge in [0.15, 0.2) is 11.6 Å². The van der Waals surface area contributed by atoms with Gasteiger partial charge in [0.25, 0.3) is 0 Å². The Hall–Kier alpha value is -1.27. The second-order valence-corrected chi connectivity index (χ2v) is 5.32. The third-order valence-corrected chi connectivity index (χ3v) is 2.45. The van der Waals surface area contributed by atoms with Crippen molar-refractivity contribution < 1.29 is 19.1 Å². The van der Waals surface area contributed by atoms with Gasteiger partial charge in [-0.05, 0) is 20.8 Å². The van der Waals surface area contributed by atoms with Gasteiger partial charge in [0.05, 0.1) is 24.7 Å². The molecule has 1 amide bonds. The first-order valence-corrected chi connectivity index (χ1v) is 5.96. The number of hydrogen-bond donors (Lipinski definition) is 2. The van der Waals surface area contributed by atoms with Crippen LogP contribution in [0, 0.1) is 0 Å². The van der Waals surface area contributed by atoms with Gasteiger partial charge in [0, 0.05) is 6.42 Å². The molecule has 1 heterocycles. The van der Waals surface area contributed by atoms with Gasteiger partial charge >= 0.3 is 0 Å². The molecule has 0 aromatic heterocycles. The Kier molecular flexibility index (Phi) is 4.98. The second kappa shape index (κ2) is 6.06. The molecule has 1 aliphatic rings. The monoisotopic (exact) mass is 256 g/mol. The van der Waals surface area contributed by atoms with E-state index in [4.69, 9.17) is 4.74 Å². The zero-order valence-electron chi connectivity index (χ0n) is 11.0. The fourth-order valence-electron chi connectivity index (χ4n) is 1.44. The Morgan fingerprint density at radius 2 is 2.00 bits per heavy atom. The highest BCUT2D eigenvalue weighted by Crippen LogP contribution is 2.07. The van der Waals surface area contributed by atoms with Crippen molar-refractivity contribution in [2.24, 2.45) is 0 Å². The lowest BCUT2D eigenvalue weighted by Crippen LogP contribution is -2.49. The molecule has 1 aliphatic heterocycles. The molecule has 1 atom stereocenters. The van der Waals surface area contributed by atoms with Crippen LogP contribution in [-0.2, 0) is 19.1 Å². The van der Waals surface area contributed by atoms with E-state index < -0.39 is 11.6 Å². The van der Waals surface area contributed by atoms with Crippen LogP contribution in [0.5, 0.6) is 0 Å². The van der Waals surface area contributed by atoms with Crippen molar-refractivity contribution in [3.63, 3.8) is 0 Å². The number of carbonyl (C=O) groups excluding carboxylic acids is 3. The van der Waals surface area contributed by atoms with Crippen LogP contribution in [0.15, 0.2) is 0 Å². The molecule has 0 aromatic rings. The van der Waals surface area contributed by atoms with E-state index in [1.165, 1.54) is 0 Å². The highest BCUT2D eigenvalue weighted by molar-refractivity contribution is 5.94. The summed E-state index contributed by atoms with van der Waals surface area (Å²) in [6.07, 6.45) is 0.0413. The number of ketones is 2. The molecule has 0 saturated carbocycles. The molecule has 102 valence electrons. The van der Waals surface area contributed by atoms with E-state index in [0.29, 0.717) is 0 Å². The molecule has 1 saturated heterocycles. The minimum absolute atomic E-state index is 0.0191. The van der Waals surface area contributed by atoms with Crippen LogP contribution in [0.1, 0.15) is 27.2 Å². The highest BCUT2D eigenvalue weighted by Gasteiger charge is 2.25. The summed E-state index contributed by atoms with van der Waals surface area (Å²) in [5.74, 6) is -0.656. The lowest BCUT2D eigenvalue weighted by atomic mass is 10.1. The van der Waals surface area contributed by atoms with Crippen LogP contribution in [0.2, 0.25) is 0 Å². The molecule has 0 aromatic carbocycles. The Labute approximate surface area is 106 Å². The van der Waals surface area contributed by atoms with Gasteiger partial charge in [0.1, 0.15) is 6.61 Å². The molecule has 0 radical (unpaired) electrons. The summed E-state index contributed by atoms with van der Waals surface area (Å²) in [5.41, 5.74) is -0.407. The summed E-state index contributed by atoms with van der Waals surface area (Å²) < 4.78 is 5.37. The number of nitrogens with one attached hydrogen (secondary N) is 2. The summed E-state index contributed by atoms with van der Waals surface area (Å²) in [6, 6.07) is -0.656. The maximum Gasteiger partial charge on any atom is 0.222 e. The van der Waals surface area contributed by atoms with Crippen LogP contribution < -0.4 is 10.6 Å². The topological polar surface area (TPSA) is 84.5 Å². The molecule has 0 aliphatic carbocycles. The van der Waals surface area contributed by atoms with E-state index in [-0.39, 0.29) is 43.6 Å². The molecule has 0 unspecified atom stereocenters. The van der Waals surface area contributed by atoms with Crippen molar-refractivity contribution in [3.8, 4) is 0 Å². The number of hydrogen-bond acceptors (Lipinski definition) is 5. The van der Waals surface area contributed by atoms with Crippen molar-refractivity contribution in [3.05, 3.63) is 0 Å². The van der Waals surface area contributed by atoms with Crippen molar-refractivity contribution in [1.29, 1.82) is 0 Å². The molecule has 2 N–H and O–H groups in total. The third-order valence-electron chi connectivity index (χ3n) is 2.45. The van der Waals surface area contributed by atoms with E-state index in [0.717, 1.165) is 0 Å². The molecular weight excluding hydrogens is 236 g/mol. The maximum atomic E-state index is 11.9. The Morgan fingerprint density at radius 1 is 1.33 bits per heavy atom. The third kappa shape index (κ3) is 5.37. The van der Waals surface area contributed by atoms with Crippen LogP contribution in [0.3, 0.4) is 0 Å². The van der Waals surface area contributed by atoms with Gasteiger partial charge in [0.2, 0.25) is 5.91 Å². The predicted octanol–water partition coefficient (Wildman–Crippen LogP) is -0.582. The second-order valence-electron chi connectivity index (χ2n) is 5.32. The van der Waals surface area contributed by atoms with E-state index >= 15 is 0 Å². The van der Waals surface area contributed by atoms with Gasteiger partial charge in [-0.3, -0.25) is 19.7 Å². The Bertz CT molecular complexity index is 346. The standard InChI is InChI=1S/C12H20N2O4/c1-12(2,3)18-7-10(16)9-4-11(17)14-6-8(15)5-13-9/h9,13H,4-7H2,1-3H3,(H,14,17)/t9-/m0/s1. The summed E-state index contributed by atoms with van der Waals surface area (Å²) in [7, 11) is 0. The smallest absolute Gasteiger partial charge is 0.222 e. The number of amides is 1. The zero-order chi connectivity index (χ0) is 13.8. The van der Waals surface area contributed by atoms with Crippen LogP contribution >= 0.6 is 0 Å². The van der Waals surface area contributed by atoms with Gasteiger partial charge < -0.3 is 10.1 Å². The molecule has 0 bridgehead atoms. The zero-order valence-corrected chi connectivity index (χ0v) is 11.0. The van der Waals surface area contributed by atoms with Crippen molar-refractivity contribution >= 4 is 17.5 Å². The maximum absolute atomic E-state index is 11.9. The number of Topliss-reactive ketones (excluding diaryl/α,β-unsaturated/α-hetero) is 2. The fourth-order valence-corrected chi connectivity index (χ4v) is 1.44. The Balaban J connectivity index is 2.54. The van der Waals surface area contributed by atoms with Crippen molar-refractivity contribution in [1.82, 2.24) is 10.6 Å². The molecule has 18 heavy (non-hydrogen) atoms. The quantitative estimate of drug-likeness (QED) is 0.705. The fraction of sp³-hybridized carbons (Fsp3) is 0.750. The molecular formula is C12H20N2O4. The van der Waals surface area contributed by atoms with E-state index in [1.54, 1.807) is 0 Å². The van der Waals surface area contributed by atoms with Gasteiger partial charge in [-0.2, -0.15) is 0 Å². The average molecular weight is 256 g/mol. The summed E-state index contributed by atoms with van der Waals surface area (Å²) in [5, 5.41) is 5.27. The molecule has 6 heteroatoms. The minimum atomic E-state index is -0.656. The lowest BCUT2D eigenvalue weighted by Gasteiger charge is -2.23. The van der Waals surface area contributed by atoms with E-state index in [1.807, 2.05) is 20.8 Å². The first-order valence-electron chi connectivity index (χ1n) is 5.96. The molecule has 1 rings (SSSR count). The predicted molar refractivity (Wildman–Crippen MR) is 65.1 cm³/mol. The number of ether oxygens (including phenoxy) is 1. The van der Waals surface area contributed by atoms with Crippen molar-refractivity contribution in [2.75, 3.05) is 19.7 Å². The summed E-state index contributed by atoms with van der Waals surface area (Å²) in [4.78, 5) is 34.5. The van der Waals surface area contributed by atoms with Crippen LogP contribution in [-0.4, -0.2) is 48.8 Å². The number of carbonyl (C=O) groups is 3. The van der Waals surface area contributed by atoms with Crippen LogP contribution in [0.25, 0.3) is 0 Å². The highest BCUT2D eigenvalue weighted by atomic mass is 16.5. The average Bonchev–Trinajstić information content (AvgIpc) is 2.25. The minimum Gasteiger partial charge on any atom is -0.368 e. The SMILES string of the molecule is CC(C)(C)OCC(=O)[C@@H]1CC(=O)NCC(=O)CN1. The van der Waals surface area contributed by atoms with E-state index in [2.05, 4.69) is 10.6 Å². The molecule has 0 spiro atoms. The Morgan fingerprint density at radius 3 is 2.61 bits per heavy atom. The number of rotatable bonds is 3. The normalized spacial score (nSPS) is 22.1. The summed E-state index contributed by atoms with van der Waals surface area (Å²) >= 11 is 0. The van der Waals surface area contributed by atoms with Crippen LogP contribution in [0.4, 0.5) is 0 Å². The molecule has 6 nitrogen and oxygen atoms in total. The molecule has 1 fully saturated rings. The first-order chi connectivity index (χ1) is 8.28. The van der Waals surface area contributed by atoms with Gasteiger partial charge in [-0.15, -0.1) is 0 Å². The van der Waals surface area contributed by atoms with Gasteiger partial charge in [-0.1, -0.05) is 0 Å². The summed E-state index contributed by atoms with van der Waals surface area (Å²) in [6.45, 7) is 5.59. The van der Waals surface area contributed by atoms with Gasteiger partial charge in [-0.25, -0.2) is 0 Å². The largest absolute Gasteiger partial charge is 0.368 e. The lowest BCUT2D eigenvalue weighted by molar-refractivity contribution is -0.134. The van der Waals surface area contributed by atoms with Crippen molar-refractivity contribution in [2.45, 2.75) is 38.8 Å². The van der Waals surface area contributed by atoms with E-state index in [9.17, 15) is 14.4 Å².